The van der Waals surface area contributed by atoms with Crippen LogP contribution in [0.15, 0.2) is 186 Å². The smallest absolute Gasteiger partial charge is 0.143 e. The Bertz CT molecular complexity index is 2810. The van der Waals surface area contributed by atoms with Crippen molar-refractivity contribution in [1.82, 2.24) is 4.57 Å². The summed E-state index contributed by atoms with van der Waals surface area (Å²) in [5.74, 6) is 0. The first-order chi connectivity index (χ1) is 24.3. The molecule has 0 bridgehead atoms. The van der Waals surface area contributed by atoms with Crippen molar-refractivity contribution in [2.24, 2.45) is 0 Å². The zero-order valence-electron chi connectivity index (χ0n) is 26.6. The van der Waals surface area contributed by atoms with E-state index in [2.05, 4.69) is 185 Å². The molecule has 3 nitrogen and oxygen atoms in total. The number of aromatic nitrogens is 1. The van der Waals surface area contributed by atoms with Gasteiger partial charge in [-0.2, -0.15) is 0 Å². The minimum Gasteiger partial charge on any atom is -0.455 e. The van der Waals surface area contributed by atoms with Crippen LogP contribution in [0.5, 0.6) is 0 Å². The van der Waals surface area contributed by atoms with Crippen molar-refractivity contribution >= 4 is 71.6 Å². The Labute approximate surface area is 283 Å². The highest BCUT2D eigenvalue weighted by molar-refractivity contribution is 6.20. The molecule has 0 saturated heterocycles. The van der Waals surface area contributed by atoms with Crippen LogP contribution in [0.1, 0.15) is 0 Å². The van der Waals surface area contributed by atoms with E-state index in [0.717, 1.165) is 55.5 Å². The molecule has 0 fully saturated rings. The summed E-state index contributed by atoms with van der Waals surface area (Å²) in [4.78, 5) is 2.41. The van der Waals surface area contributed by atoms with E-state index in [1.54, 1.807) is 0 Å². The van der Waals surface area contributed by atoms with Gasteiger partial charge in [-0.3, -0.25) is 0 Å². The molecular formula is C46H30N2O. The largest absolute Gasteiger partial charge is 0.455 e. The van der Waals surface area contributed by atoms with Gasteiger partial charge in [0.05, 0.1) is 16.7 Å². The van der Waals surface area contributed by atoms with Crippen LogP contribution in [0, 0.1) is 0 Å². The van der Waals surface area contributed by atoms with Crippen LogP contribution in [-0.2, 0) is 0 Å². The quantitative estimate of drug-likeness (QED) is 0.190. The van der Waals surface area contributed by atoms with Crippen LogP contribution < -0.4 is 4.90 Å². The molecule has 0 aliphatic heterocycles. The second-order valence-corrected chi connectivity index (χ2v) is 12.6. The van der Waals surface area contributed by atoms with E-state index in [1.807, 2.05) is 6.07 Å². The van der Waals surface area contributed by atoms with Crippen LogP contribution in [0.3, 0.4) is 0 Å². The lowest BCUT2D eigenvalue weighted by atomic mass is 10.0. The van der Waals surface area contributed by atoms with Gasteiger partial charge in [-0.15, -0.1) is 0 Å². The fourth-order valence-electron chi connectivity index (χ4n) is 7.53. The normalized spacial score (nSPS) is 11.7. The van der Waals surface area contributed by atoms with E-state index in [4.69, 9.17) is 4.42 Å². The Morgan fingerprint density at radius 1 is 0.388 bits per heavy atom. The van der Waals surface area contributed by atoms with Gasteiger partial charge in [0.2, 0.25) is 0 Å². The Kier molecular flexibility index (Phi) is 6.18. The predicted octanol–water partition coefficient (Wildman–Crippen LogP) is 13.0. The van der Waals surface area contributed by atoms with Gasteiger partial charge < -0.3 is 13.9 Å². The summed E-state index contributed by atoms with van der Waals surface area (Å²) in [6, 6.07) is 65.0. The number of anilines is 3. The molecule has 0 amide bonds. The van der Waals surface area contributed by atoms with Gasteiger partial charge in [0, 0.05) is 49.4 Å². The summed E-state index contributed by atoms with van der Waals surface area (Å²) in [5.41, 5.74) is 11.0. The van der Waals surface area contributed by atoms with Crippen LogP contribution >= 0.6 is 0 Å². The van der Waals surface area contributed by atoms with E-state index in [9.17, 15) is 0 Å². The Hall–Kier alpha value is -6.58. The van der Waals surface area contributed by atoms with Crippen molar-refractivity contribution in [2.45, 2.75) is 0 Å². The van der Waals surface area contributed by atoms with E-state index in [0.29, 0.717) is 0 Å². The van der Waals surface area contributed by atoms with Crippen LogP contribution in [-0.4, -0.2) is 4.57 Å². The van der Waals surface area contributed by atoms with Crippen molar-refractivity contribution in [3.8, 4) is 16.8 Å². The molecule has 230 valence electrons. The molecule has 2 aromatic heterocycles. The van der Waals surface area contributed by atoms with Crippen molar-refractivity contribution in [1.29, 1.82) is 0 Å². The standard InChI is InChI=1S/C46H30N2O/c1-3-13-31(14-4-1)32-23-25-34(26-24-32)47(44-30-41-38-19-10-12-22-45(38)49-46(41)39-20-8-7-17-36(39)44)35-27-28-43-40(29-35)37-18-9-11-21-42(37)48(43)33-15-5-2-6-16-33/h1-30H. The minimum atomic E-state index is 0.897. The molecule has 0 N–H and O–H groups in total. The molecule has 10 aromatic rings. The fourth-order valence-corrected chi connectivity index (χ4v) is 7.53. The average molecular weight is 627 g/mol. The number of rotatable bonds is 5. The lowest BCUT2D eigenvalue weighted by Gasteiger charge is -2.27. The second kappa shape index (κ2) is 11.0. The van der Waals surface area contributed by atoms with Crippen LogP contribution in [0.4, 0.5) is 17.1 Å². The highest BCUT2D eigenvalue weighted by Gasteiger charge is 2.22. The van der Waals surface area contributed by atoms with Crippen molar-refractivity contribution in [2.75, 3.05) is 4.90 Å². The van der Waals surface area contributed by atoms with Gasteiger partial charge in [0.1, 0.15) is 11.2 Å². The maximum Gasteiger partial charge on any atom is 0.143 e. The highest BCUT2D eigenvalue weighted by atomic mass is 16.3. The summed E-state index contributed by atoms with van der Waals surface area (Å²) in [5, 5.41) is 6.89. The number of nitrogens with zero attached hydrogens (tertiary/aromatic N) is 2. The molecule has 8 aromatic carbocycles. The maximum absolute atomic E-state index is 6.51. The monoisotopic (exact) mass is 626 g/mol. The molecule has 0 radical (unpaired) electrons. The number of fused-ring (bicyclic) bond motifs is 8. The lowest BCUT2D eigenvalue weighted by molar-refractivity contribution is 0.672. The Morgan fingerprint density at radius 3 is 1.78 bits per heavy atom. The van der Waals surface area contributed by atoms with E-state index >= 15 is 0 Å². The molecule has 3 heteroatoms. The molecule has 0 unspecified atom stereocenters. The van der Waals surface area contributed by atoms with Crippen LogP contribution in [0.2, 0.25) is 0 Å². The van der Waals surface area contributed by atoms with E-state index in [1.165, 1.54) is 32.9 Å². The molecule has 49 heavy (non-hydrogen) atoms. The molecule has 0 atom stereocenters. The molecule has 0 aliphatic rings. The molecule has 2 heterocycles. The predicted molar refractivity (Wildman–Crippen MR) is 206 cm³/mol. The van der Waals surface area contributed by atoms with Gasteiger partial charge in [0.15, 0.2) is 0 Å². The van der Waals surface area contributed by atoms with Crippen LogP contribution in [0.25, 0.3) is 71.3 Å². The number of benzene rings is 8. The highest BCUT2D eigenvalue weighted by Crippen LogP contribution is 2.46. The molecule has 0 saturated carbocycles. The number of hydrogen-bond acceptors (Lipinski definition) is 2. The number of hydrogen-bond donors (Lipinski definition) is 0. The van der Waals surface area contributed by atoms with Crippen molar-refractivity contribution < 1.29 is 4.42 Å². The molecule has 10 rings (SSSR count). The number of para-hydroxylation sites is 3. The number of furan rings is 1. The Morgan fingerprint density at radius 2 is 0.980 bits per heavy atom. The average Bonchev–Trinajstić information content (AvgIpc) is 3.72. The summed E-state index contributed by atoms with van der Waals surface area (Å²) in [6.45, 7) is 0. The zero-order chi connectivity index (χ0) is 32.3. The third kappa shape index (κ3) is 4.37. The van der Waals surface area contributed by atoms with E-state index < -0.39 is 0 Å². The van der Waals surface area contributed by atoms with Gasteiger partial charge >= 0.3 is 0 Å². The molecule has 0 aliphatic carbocycles. The Balaban J connectivity index is 1.26. The topological polar surface area (TPSA) is 21.3 Å². The van der Waals surface area contributed by atoms with Gasteiger partial charge in [-0.05, 0) is 71.8 Å². The van der Waals surface area contributed by atoms with Gasteiger partial charge in [-0.25, -0.2) is 0 Å². The second-order valence-electron chi connectivity index (χ2n) is 12.6. The first-order valence-electron chi connectivity index (χ1n) is 16.7. The summed E-state index contributed by atoms with van der Waals surface area (Å²) in [6.07, 6.45) is 0. The van der Waals surface area contributed by atoms with Gasteiger partial charge in [-0.1, -0.05) is 121 Å². The van der Waals surface area contributed by atoms with Crippen molar-refractivity contribution in [3.05, 3.63) is 182 Å². The fraction of sp³-hybridized carbons (Fsp3) is 0. The van der Waals surface area contributed by atoms with Crippen molar-refractivity contribution in [3.63, 3.8) is 0 Å². The molecule has 0 spiro atoms. The minimum absolute atomic E-state index is 0.897. The maximum atomic E-state index is 6.51. The first-order valence-corrected chi connectivity index (χ1v) is 16.7. The summed E-state index contributed by atoms with van der Waals surface area (Å²) < 4.78 is 8.87. The van der Waals surface area contributed by atoms with Gasteiger partial charge in [0.25, 0.3) is 0 Å². The summed E-state index contributed by atoms with van der Waals surface area (Å²) >= 11 is 0. The first kappa shape index (κ1) is 27.5. The zero-order valence-corrected chi connectivity index (χ0v) is 26.6. The summed E-state index contributed by atoms with van der Waals surface area (Å²) in [7, 11) is 0. The SMILES string of the molecule is c1ccc(-c2ccc(N(c3ccc4c(c3)c3ccccc3n4-c3ccccc3)c3cc4c5ccccc5oc4c4ccccc34)cc2)cc1. The third-order valence-electron chi connectivity index (χ3n) is 9.76. The third-order valence-corrected chi connectivity index (χ3v) is 9.76. The van der Waals surface area contributed by atoms with E-state index in [-0.39, 0.29) is 0 Å². The molecular weight excluding hydrogens is 597 g/mol. The lowest BCUT2D eigenvalue weighted by Crippen LogP contribution is -2.10.